The molecule has 2 amide bonds. The first-order valence-corrected chi connectivity index (χ1v) is 5.62. The van der Waals surface area contributed by atoms with Crippen molar-refractivity contribution in [3.8, 4) is 5.75 Å². The Labute approximate surface area is 105 Å². The van der Waals surface area contributed by atoms with Crippen LogP contribution in [-0.4, -0.2) is 18.4 Å². The van der Waals surface area contributed by atoms with E-state index in [0.717, 1.165) is 0 Å². The molecule has 18 heavy (non-hydrogen) atoms. The van der Waals surface area contributed by atoms with Crippen molar-refractivity contribution in [2.75, 3.05) is 11.9 Å². The van der Waals surface area contributed by atoms with Gasteiger partial charge in [0.25, 0.3) is 0 Å². The summed E-state index contributed by atoms with van der Waals surface area (Å²) in [5, 5.41) is 2.67. The average Bonchev–Trinajstić information content (AvgIpc) is 2.35. The topological polar surface area (TPSA) is 93.4 Å². The zero-order valence-corrected chi connectivity index (χ0v) is 10.2. The van der Waals surface area contributed by atoms with E-state index in [1.807, 2.05) is 11.5 Å². The van der Waals surface area contributed by atoms with Crippen molar-refractivity contribution in [3.05, 3.63) is 24.3 Å². The van der Waals surface area contributed by atoms with E-state index in [2.05, 4.69) is 5.32 Å². The Balaban J connectivity index is 2.46. The maximum atomic E-state index is 11.0. The molecule has 1 aromatic rings. The van der Waals surface area contributed by atoms with E-state index in [0.29, 0.717) is 30.9 Å². The molecular formula is C12H17N3O3. The summed E-state index contributed by atoms with van der Waals surface area (Å²) in [5.41, 5.74) is 2.67. The Morgan fingerprint density at radius 2 is 2.06 bits per heavy atom. The number of carbonyl (C=O) groups excluding carboxylic acids is 2. The van der Waals surface area contributed by atoms with Crippen molar-refractivity contribution in [1.82, 2.24) is 5.43 Å². The molecule has 0 aliphatic rings. The molecule has 0 saturated carbocycles. The molecule has 98 valence electrons. The van der Waals surface area contributed by atoms with Crippen LogP contribution in [0.15, 0.2) is 24.3 Å². The molecule has 0 heterocycles. The molecule has 0 aromatic heterocycles. The van der Waals surface area contributed by atoms with E-state index >= 15 is 0 Å². The molecule has 0 fully saturated rings. The molecule has 0 atom stereocenters. The molecule has 4 N–H and O–H groups in total. The van der Waals surface area contributed by atoms with Gasteiger partial charge in [0, 0.05) is 13.3 Å². The van der Waals surface area contributed by atoms with Crippen LogP contribution >= 0.6 is 0 Å². The second kappa shape index (κ2) is 7.29. The number of anilines is 1. The van der Waals surface area contributed by atoms with Crippen LogP contribution in [-0.2, 0) is 9.59 Å². The summed E-state index contributed by atoms with van der Waals surface area (Å²) in [6.07, 6.45) is 0.857. The third-order valence-electron chi connectivity index (χ3n) is 2.16. The average molecular weight is 251 g/mol. The number of hydrogen-bond acceptors (Lipinski definition) is 4. The number of rotatable bonds is 6. The summed E-state index contributed by atoms with van der Waals surface area (Å²) in [6, 6.07) is 7.13. The van der Waals surface area contributed by atoms with E-state index in [1.54, 1.807) is 18.2 Å². The lowest BCUT2D eigenvalue weighted by atomic mass is 10.3. The van der Waals surface area contributed by atoms with Crippen LogP contribution in [0.3, 0.4) is 0 Å². The Morgan fingerprint density at radius 3 is 2.72 bits per heavy atom. The van der Waals surface area contributed by atoms with Crippen LogP contribution in [0.4, 0.5) is 5.69 Å². The number of hydrazine groups is 1. The number of carbonyl (C=O) groups is 2. The van der Waals surface area contributed by atoms with Crippen LogP contribution in [0.5, 0.6) is 5.75 Å². The third kappa shape index (κ3) is 4.84. The van der Waals surface area contributed by atoms with Gasteiger partial charge in [0.1, 0.15) is 5.75 Å². The van der Waals surface area contributed by atoms with Gasteiger partial charge in [0.05, 0.1) is 12.3 Å². The van der Waals surface area contributed by atoms with Crippen LogP contribution in [0.1, 0.15) is 19.8 Å². The summed E-state index contributed by atoms with van der Waals surface area (Å²) >= 11 is 0. The number of nitrogens with two attached hydrogens (primary N) is 1. The number of hydrogen-bond donors (Lipinski definition) is 3. The molecule has 0 aliphatic heterocycles. The van der Waals surface area contributed by atoms with Crippen LogP contribution < -0.4 is 21.3 Å². The van der Waals surface area contributed by atoms with Gasteiger partial charge >= 0.3 is 0 Å². The summed E-state index contributed by atoms with van der Waals surface area (Å²) in [7, 11) is 0. The van der Waals surface area contributed by atoms with E-state index in [9.17, 15) is 9.59 Å². The molecule has 0 bridgehead atoms. The molecular weight excluding hydrogens is 234 g/mol. The minimum atomic E-state index is -0.228. The van der Waals surface area contributed by atoms with Crippen LogP contribution in [0.25, 0.3) is 0 Å². The van der Waals surface area contributed by atoms with Crippen molar-refractivity contribution in [2.45, 2.75) is 19.8 Å². The largest absolute Gasteiger partial charge is 0.491 e. The second-order valence-electron chi connectivity index (χ2n) is 3.70. The lowest BCUT2D eigenvalue weighted by Crippen LogP contribution is -2.30. The zero-order valence-electron chi connectivity index (χ0n) is 10.2. The monoisotopic (exact) mass is 251 g/mol. The van der Waals surface area contributed by atoms with Gasteiger partial charge in [-0.3, -0.25) is 15.0 Å². The summed E-state index contributed by atoms with van der Waals surface area (Å²) < 4.78 is 5.50. The molecule has 0 unspecified atom stereocenters. The predicted molar refractivity (Wildman–Crippen MR) is 67.8 cm³/mol. The number of ether oxygens (including phenoxy) is 1. The molecule has 1 rings (SSSR count). The van der Waals surface area contributed by atoms with Gasteiger partial charge in [-0.05, 0) is 18.6 Å². The standard InChI is InChI=1S/C12H17N3O3/c1-9(16)14-10-5-2-3-6-11(10)18-8-4-7-12(17)15-13/h2-3,5-6H,4,7-8,13H2,1H3,(H,14,16)(H,15,17). The van der Waals surface area contributed by atoms with Gasteiger partial charge in [0.15, 0.2) is 0 Å². The summed E-state index contributed by atoms with van der Waals surface area (Å²) in [5.74, 6) is 5.15. The molecule has 1 aromatic carbocycles. The fraction of sp³-hybridized carbons (Fsp3) is 0.333. The minimum absolute atomic E-state index is 0.159. The van der Waals surface area contributed by atoms with Crippen molar-refractivity contribution < 1.29 is 14.3 Å². The van der Waals surface area contributed by atoms with E-state index in [4.69, 9.17) is 10.6 Å². The van der Waals surface area contributed by atoms with Gasteiger partial charge in [-0.1, -0.05) is 12.1 Å². The normalized spacial score (nSPS) is 9.67. The van der Waals surface area contributed by atoms with Crippen molar-refractivity contribution in [1.29, 1.82) is 0 Å². The van der Waals surface area contributed by atoms with Gasteiger partial charge in [0.2, 0.25) is 11.8 Å². The first-order chi connectivity index (χ1) is 8.63. The molecule has 0 aliphatic carbocycles. The maximum absolute atomic E-state index is 11.0. The van der Waals surface area contributed by atoms with Crippen molar-refractivity contribution in [2.24, 2.45) is 5.84 Å². The Bertz CT molecular complexity index is 421. The Morgan fingerprint density at radius 1 is 1.33 bits per heavy atom. The highest BCUT2D eigenvalue weighted by Gasteiger charge is 2.04. The van der Waals surface area contributed by atoms with E-state index in [1.165, 1.54) is 6.92 Å². The molecule has 0 radical (unpaired) electrons. The SMILES string of the molecule is CC(=O)Nc1ccccc1OCCCC(=O)NN. The predicted octanol–water partition coefficient (Wildman–Crippen LogP) is 0.794. The highest BCUT2D eigenvalue weighted by molar-refractivity contribution is 5.90. The van der Waals surface area contributed by atoms with E-state index in [-0.39, 0.29) is 11.8 Å². The Kier molecular flexibility index (Phi) is 5.66. The number of benzene rings is 1. The van der Waals surface area contributed by atoms with Crippen LogP contribution in [0.2, 0.25) is 0 Å². The summed E-state index contributed by atoms with van der Waals surface area (Å²) in [4.78, 5) is 21.9. The number of nitrogens with one attached hydrogen (secondary N) is 2. The van der Waals surface area contributed by atoms with Gasteiger partial charge in [-0.15, -0.1) is 0 Å². The Hall–Kier alpha value is -2.08. The molecule has 0 saturated heterocycles. The smallest absolute Gasteiger partial charge is 0.234 e. The highest BCUT2D eigenvalue weighted by atomic mass is 16.5. The lowest BCUT2D eigenvalue weighted by Gasteiger charge is -2.11. The molecule has 6 heteroatoms. The summed E-state index contributed by atoms with van der Waals surface area (Å²) in [6.45, 7) is 1.81. The third-order valence-corrected chi connectivity index (χ3v) is 2.16. The van der Waals surface area contributed by atoms with Crippen LogP contribution in [0, 0.1) is 0 Å². The minimum Gasteiger partial charge on any atom is -0.491 e. The highest BCUT2D eigenvalue weighted by Crippen LogP contribution is 2.23. The fourth-order valence-corrected chi connectivity index (χ4v) is 1.37. The lowest BCUT2D eigenvalue weighted by molar-refractivity contribution is -0.121. The number of para-hydroxylation sites is 2. The molecule has 6 nitrogen and oxygen atoms in total. The quantitative estimate of drug-likeness (QED) is 0.301. The second-order valence-corrected chi connectivity index (χ2v) is 3.70. The fourth-order valence-electron chi connectivity index (χ4n) is 1.37. The number of amides is 2. The first kappa shape index (κ1) is 14.0. The van der Waals surface area contributed by atoms with Gasteiger partial charge in [-0.2, -0.15) is 0 Å². The zero-order chi connectivity index (χ0) is 13.4. The molecule has 0 spiro atoms. The van der Waals surface area contributed by atoms with Crippen molar-refractivity contribution in [3.63, 3.8) is 0 Å². The van der Waals surface area contributed by atoms with Gasteiger partial charge in [-0.25, -0.2) is 5.84 Å². The van der Waals surface area contributed by atoms with Crippen molar-refractivity contribution >= 4 is 17.5 Å². The van der Waals surface area contributed by atoms with E-state index < -0.39 is 0 Å². The maximum Gasteiger partial charge on any atom is 0.234 e. The van der Waals surface area contributed by atoms with Gasteiger partial charge < -0.3 is 10.1 Å². The first-order valence-electron chi connectivity index (χ1n) is 5.62.